The molecule has 0 bridgehead atoms. The molecule has 0 aliphatic heterocycles. The van der Waals surface area contributed by atoms with Crippen LogP contribution in [0.15, 0.2) is 0 Å². The normalized spacial score (nSPS) is 12.8. The number of carbonyl (C=O) groups is 2. The van der Waals surface area contributed by atoms with Crippen LogP contribution in [0.2, 0.25) is 0 Å². The molecule has 1 unspecified atom stereocenters. The summed E-state index contributed by atoms with van der Waals surface area (Å²) in [6, 6.07) is -0.645. The minimum absolute atomic E-state index is 0.0282. The molecule has 0 aliphatic carbocycles. The monoisotopic (exact) mass is 273 g/mol. The molecule has 2 amide bonds. The lowest BCUT2D eigenvalue weighted by Crippen LogP contribution is -2.45. The maximum atomic E-state index is 11.6. The fourth-order valence-electron chi connectivity index (χ4n) is 1.83. The third-order valence-corrected chi connectivity index (χ3v) is 2.50. The number of aliphatic carboxylic acids is 1. The molecule has 0 saturated heterocycles. The van der Waals surface area contributed by atoms with Gasteiger partial charge in [0.1, 0.15) is 0 Å². The molecule has 0 aromatic carbocycles. The summed E-state index contributed by atoms with van der Waals surface area (Å²) in [7, 11) is 1.85. The molecule has 0 saturated carbocycles. The van der Waals surface area contributed by atoms with Crippen LogP contribution in [-0.4, -0.2) is 43.3 Å². The van der Waals surface area contributed by atoms with Gasteiger partial charge in [-0.2, -0.15) is 0 Å². The van der Waals surface area contributed by atoms with Crippen molar-refractivity contribution in [3.8, 4) is 0 Å². The van der Waals surface area contributed by atoms with Gasteiger partial charge < -0.3 is 21.1 Å². The van der Waals surface area contributed by atoms with Crippen molar-refractivity contribution in [3.05, 3.63) is 0 Å². The molecular weight excluding hydrogens is 246 g/mol. The van der Waals surface area contributed by atoms with E-state index in [-0.39, 0.29) is 23.9 Å². The molecule has 0 aliphatic rings. The molecule has 0 rings (SSSR count). The number of nitrogens with one attached hydrogen (secondary N) is 3. The van der Waals surface area contributed by atoms with Crippen LogP contribution in [0, 0.1) is 5.41 Å². The molecule has 19 heavy (non-hydrogen) atoms. The van der Waals surface area contributed by atoms with Crippen molar-refractivity contribution in [2.24, 2.45) is 5.41 Å². The van der Waals surface area contributed by atoms with Crippen LogP contribution in [0.5, 0.6) is 0 Å². The maximum absolute atomic E-state index is 11.6. The lowest BCUT2D eigenvalue weighted by atomic mass is 9.87. The standard InChI is InChI=1S/C13H27N3O3/c1-13(2,3)9-10(8-11(17)18)16-12(19)15-7-5-6-14-4/h10,14H,5-9H2,1-4H3,(H,17,18)(H2,15,16,19). The SMILES string of the molecule is CNCCCNC(=O)NC(CC(=O)O)CC(C)(C)C. The number of rotatable bonds is 8. The zero-order valence-corrected chi connectivity index (χ0v) is 12.4. The predicted octanol–water partition coefficient (Wildman–Crippen LogP) is 1.17. The third kappa shape index (κ3) is 11.5. The average molecular weight is 273 g/mol. The average Bonchev–Trinajstić information content (AvgIpc) is 2.20. The van der Waals surface area contributed by atoms with E-state index in [1.807, 2.05) is 27.8 Å². The van der Waals surface area contributed by atoms with E-state index in [0.717, 1.165) is 13.0 Å². The van der Waals surface area contributed by atoms with E-state index in [2.05, 4.69) is 16.0 Å². The Morgan fingerprint density at radius 1 is 1.21 bits per heavy atom. The summed E-state index contributed by atoms with van der Waals surface area (Å²) in [5.41, 5.74) is -0.0282. The van der Waals surface area contributed by atoms with E-state index >= 15 is 0 Å². The molecule has 0 aromatic rings. The van der Waals surface area contributed by atoms with Crippen molar-refractivity contribution in [2.45, 2.75) is 46.1 Å². The molecule has 0 heterocycles. The van der Waals surface area contributed by atoms with Crippen molar-refractivity contribution < 1.29 is 14.7 Å². The zero-order chi connectivity index (χ0) is 14.9. The van der Waals surface area contributed by atoms with Gasteiger partial charge in [0.2, 0.25) is 0 Å². The highest BCUT2D eigenvalue weighted by Gasteiger charge is 2.22. The molecule has 4 N–H and O–H groups in total. The van der Waals surface area contributed by atoms with E-state index < -0.39 is 5.97 Å². The second-order valence-electron chi connectivity index (χ2n) is 5.92. The first kappa shape index (κ1) is 17.7. The number of carbonyl (C=O) groups excluding carboxylic acids is 1. The topological polar surface area (TPSA) is 90.5 Å². The molecule has 0 spiro atoms. The Balaban J connectivity index is 4.15. The number of hydrogen-bond acceptors (Lipinski definition) is 3. The van der Waals surface area contributed by atoms with Crippen molar-refractivity contribution in [3.63, 3.8) is 0 Å². The number of carboxylic acid groups (broad SMARTS) is 1. The second-order valence-corrected chi connectivity index (χ2v) is 5.92. The predicted molar refractivity (Wildman–Crippen MR) is 75.2 cm³/mol. The summed E-state index contributed by atoms with van der Waals surface area (Å²) >= 11 is 0. The van der Waals surface area contributed by atoms with Crippen molar-refractivity contribution >= 4 is 12.0 Å². The summed E-state index contributed by atoms with van der Waals surface area (Å²) in [4.78, 5) is 22.4. The maximum Gasteiger partial charge on any atom is 0.315 e. The lowest BCUT2D eigenvalue weighted by molar-refractivity contribution is -0.137. The summed E-state index contributed by atoms with van der Waals surface area (Å²) in [6.07, 6.45) is 1.41. The smallest absolute Gasteiger partial charge is 0.315 e. The Morgan fingerprint density at radius 3 is 2.32 bits per heavy atom. The Hall–Kier alpha value is -1.30. The second kappa shape index (κ2) is 8.74. The van der Waals surface area contributed by atoms with Crippen LogP contribution in [0.25, 0.3) is 0 Å². The van der Waals surface area contributed by atoms with Gasteiger partial charge in [-0.3, -0.25) is 4.79 Å². The van der Waals surface area contributed by atoms with Gasteiger partial charge in [0.25, 0.3) is 0 Å². The molecule has 112 valence electrons. The Morgan fingerprint density at radius 2 is 1.84 bits per heavy atom. The van der Waals surface area contributed by atoms with Crippen LogP contribution in [0.1, 0.15) is 40.0 Å². The summed E-state index contributed by atoms with van der Waals surface area (Å²) in [6.45, 7) is 7.47. The molecular formula is C13H27N3O3. The van der Waals surface area contributed by atoms with Gasteiger partial charge in [-0.05, 0) is 31.8 Å². The lowest BCUT2D eigenvalue weighted by Gasteiger charge is -2.25. The first-order chi connectivity index (χ1) is 8.74. The van der Waals surface area contributed by atoms with E-state index in [9.17, 15) is 9.59 Å². The molecule has 6 nitrogen and oxygen atoms in total. The van der Waals surface area contributed by atoms with Gasteiger partial charge in [0.15, 0.2) is 0 Å². The van der Waals surface area contributed by atoms with Crippen LogP contribution in [0.4, 0.5) is 4.79 Å². The summed E-state index contributed by atoms with van der Waals surface area (Å²) in [5.74, 6) is -0.898. The number of carboxylic acids is 1. The van der Waals surface area contributed by atoms with Gasteiger partial charge in [0.05, 0.1) is 6.42 Å². The van der Waals surface area contributed by atoms with E-state index in [1.54, 1.807) is 0 Å². The van der Waals surface area contributed by atoms with Crippen LogP contribution in [-0.2, 0) is 4.79 Å². The van der Waals surface area contributed by atoms with Gasteiger partial charge in [-0.15, -0.1) is 0 Å². The fourth-order valence-corrected chi connectivity index (χ4v) is 1.83. The van der Waals surface area contributed by atoms with Crippen LogP contribution >= 0.6 is 0 Å². The molecule has 0 radical (unpaired) electrons. The van der Waals surface area contributed by atoms with E-state index in [4.69, 9.17) is 5.11 Å². The zero-order valence-electron chi connectivity index (χ0n) is 12.4. The minimum atomic E-state index is -0.898. The first-order valence-corrected chi connectivity index (χ1v) is 6.65. The highest BCUT2D eigenvalue weighted by Crippen LogP contribution is 2.22. The van der Waals surface area contributed by atoms with Gasteiger partial charge >= 0.3 is 12.0 Å². The molecule has 6 heteroatoms. The number of urea groups is 1. The van der Waals surface area contributed by atoms with Crippen molar-refractivity contribution in [2.75, 3.05) is 20.1 Å². The molecule has 1 atom stereocenters. The van der Waals surface area contributed by atoms with Gasteiger partial charge in [-0.1, -0.05) is 20.8 Å². The highest BCUT2D eigenvalue weighted by atomic mass is 16.4. The minimum Gasteiger partial charge on any atom is -0.481 e. The Labute approximate surface area is 115 Å². The quantitative estimate of drug-likeness (QED) is 0.500. The molecule has 0 fully saturated rings. The third-order valence-electron chi connectivity index (χ3n) is 2.50. The largest absolute Gasteiger partial charge is 0.481 e. The van der Waals surface area contributed by atoms with Gasteiger partial charge in [-0.25, -0.2) is 4.79 Å². The highest BCUT2D eigenvalue weighted by molar-refractivity contribution is 5.75. The van der Waals surface area contributed by atoms with Gasteiger partial charge in [0, 0.05) is 12.6 Å². The Kier molecular flexibility index (Phi) is 8.14. The van der Waals surface area contributed by atoms with Crippen LogP contribution < -0.4 is 16.0 Å². The summed E-state index contributed by atoms with van der Waals surface area (Å²) < 4.78 is 0. The number of hydrogen-bond donors (Lipinski definition) is 4. The molecule has 0 aromatic heterocycles. The number of amides is 2. The fraction of sp³-hybridized carbons (Fsp3) is 0.846. The summed E-state index contributed by atoms with van der Waals surface area (Å²) in [5, 5.41) is 17.3. The van der Waals surface area contributed by atoms with E-state index in [0.29, 0.717) is 13.0 Å². The van der Waals surface area contributed by atoms with Crippen molar-refractivity contribution in [1.29, 1.82) is 0 Å². The van der Waals surface area contributed by atoms with Crippen molar-refractivity contribution in [1.82, 2.24) is 16.0 Å². The van der Waals surface area contributed by atoms with Crippen LogP contribution in [0.3, 0.4) is 0 Å². The van der Waals surface area contributed by atoms with E-state index in [1.165, 1.54) is 0 Å². The Bertz CT molecular complexity index is 287. The first-order valence-electron chi connectivity index (χ1n) is 6.65.